The first kappa shape index (κ1) is 29.2. The molecule has 4 aromatic carbocycles. The predicted molar refractivity (Wildman–Crippen MR) is 171 cm³/mol. The predicted octanol–water partition coefficient (Wildman–Crippen LogP) is 5.72. The molecule has 1 N–H and O–H groups in total. The Morgan fingerprint density at radius 2 is 1.10 bits per heavy atom. The number of aliphatic hydroxyl groups is 1. The lowest BCUT2D eigenvalue weighted by Gasteiger charge is -2.47. The lowest BCUT2D eigenvalue weighted by molar-refractivity contribution is 0.0471. The average molecular weight is 548 g/mol. The fourth-order valence-corrected chi connectivity index (χ4v) is 13.0. The van der Waals surface area contributed by atoms with Crippen LogP contribution in [0.5, 0.6) is 0 Å². The number of benzene rings is 4. The molecule has 0 fully saturated rings. The molecule has 197 valence electrons. The van der Waals surface area contributed by atoms with Gasteiger partial charge in [0.1, 0.15) is 6.10 Å². The standard InChI is InChI=1S/C34H37O2PSi.B/c1-34(2,3)38(29-21-12-6-13-22-29,30-23-14-7-15-24-30)36-31-25-16-26-32(33(31)35)37(27-17-8-4-9-18-27)28-19-10-5-11-20-28;/h4-15,17-24,26,31,33,35H,16,25H2,1-3H3;/t31-,33-;/m0./s1. The molecule has 0 spiro atoms. The van der Waals surface area contributed by atoms with E-state index in [0.29, 0.717) is 0 Å². The lowest BCUT2D eigenvalue weighted by atomic mass is 10.0. The summed E-state index contributed by atoms with van der Waals surface area (Å²) >= 11 is 0. The van der Waals surface area contributed by atoms with E-state index in [0.717, 1.165) is 18.2 Å². The molecule has 0 unspecified atom stereocenters. The first-order chi connectivity index (χ1) is 18.4. The molecular weight excluding hydrogens is 510 g/mol. The van der Waals surface area contributed by atoms with Crippen molar-refractivity contribution in [2.45, 2.75) is 50.9 Å². The van der Waals surface area contributed by atoms with E-state index >= 15 is 0 Å². The number of hydrogen-bond acceptors (Lipinski definition) is 2. The van der Waals surface area contributed by atoms with Gasteiger partial charge in [0, 0.05) is 8.41 Å². The quantitative estimate of drug-likeness (QED) is 0.237. The van der Waals surface area contributed by atoms with Gasteiger partial charge in [0.25, 0.3) is 8.32 Å². The van der Waals surface area contributed by atoms with Gasteiger partial charge in [-0.15, -0.1) is 0 Å². The van der Waals surface area contributed by atoms with Gasteiger partial charge < -0.3 is 9.53 Å². The minimum Gasteiger partial charge on any atom is -0.401 e. The second-order valence-electron chi connectivity index (χ2n) is 11.0. The van der Waals surface area contributed by atoms with Crippen LogP contribution in [0.1, 0.15) is 33.6 Å². The molecule has 0 amide bonds. The summed E-state index contributed by atoms with van der Waals surface area (Å²) in [6, 6.07) is 42.7. The monoisotopic (exact) mass is 547 g/mol. The van der Waals surface area contributed by atoms with E-state index in [9.17, 15) is 5.11 Å². The van der Waals surface area contributed by atoms with Gasteiger partial charge in [-0.1, -0.05) is 148 Å². The Hall–Kier alpha value is -2.75. The van der Waals surface area contributed by atoms with Crippen LogP contribution < -0.4 is 21.0 Å². The summed E-state index contributed by atoms with van der Waals surface area (Å²) in [6.45, 7) is 6.89. The number of hydrogen-bond donors (Lipinski definition) is 1. The Balaban J connectivity index is 0.00000353. The first-order valence-corrected chi connectivity index (χ1v) is 16.7. The third-order valence-electron chi connectivity index (χ3n) is 7.49. The summed E-state index contributed by atoms with van der Waals surface area (Å²) in [5.41, 5.74) is 0. The van der Waals surface area contributed by atoms with E-state index < -0.39 is 22.3 Å². The minimum absolute atomic E-state index is 0. The highest BCUT2D eigenvalue weighted by Gasteiger charge is 2.52. The summed E-state index contributed by atoms with van der Waals surface area (Å²) in [4.78, 5) is 0. The zero-order valence-corrected chi connectivity index (χ0v) is 25.0. The van der Waals surface area contributed by atoms with Crippen LogP contribution in [-0.2, 0) is 4.43 Å². The maximum Gasteiger partial charge on any atom is 0.261 e. The number of aliphatic hydroxyl groups excluding tert-OH is 1. The molecule has 0 bridgehead atoms. The molecule has 5 heteroatoms. The Morgan fingerprint density at radius 1 is 0.692 bits per heavy atom. The van der Waals surface area contributed by atoms with Gasteiger partial charge in [0.05, 0.1) is 6.10 Å². The Bertz CT molecular complexity index is 1260. The van der Waals surface area contributed by atoms with Crippen molar-refractivity contribution in [3.05, 3.63) is 133 Å². The van der Waals surface area contributed by atoms with Crippen molar-refractivity contribution in [3.63, 3.8) is 0 Å². The van der Waals surface area contributed by atoms with Gasteiger partial charge in [-0.2, -0.15) is 0 Å². The highest BCUT2D eigenvalue weighted by atomic mass is 31.1. The number of allylic oxidation sites excluding steroid dienone is 1. The molecule has 0 aliphatic heterocycles. The van der Waals surface area contributed by atoms with Gasteiger partial charge in [0.2, 0.25) is 0 Å². The third kappa shape index (κ3) is 5.90. The van der Waals surface area contributed by atoms with Gasteiger partial charge in [0.15, 0.2) is 0 Å². The summed E-state index contributed by atoms with van der Waals surface area (Å²) < 4.78 is 7.44. The minimum atomic E-state index is -2.78. The number of rotatable bonds is 7. The van der Waals surface area contributed by atoms with Crippen molar-refractivity contribution < 1.29 is 9.53 Å². The topological polar surface area (TPSA) is 29.5 Å². The van der Waals surface area contributed by atoms with Crippen molar-refractivity contribution >= 4 is 45.6 Å². The van der Waals surface area contributed by atoms with Crippen LogP contribution in [-0.4, -0.2) is 34.0 Å². The molecule has 1 aliphatic carbocycles. The molecule has 5 rings (SSSR count). The molecular formula is C34H37BO2PSi. The molecule has 0 aromatic heterocycles. The SMILES string of the molecule is CC(C)(C)[Si](O[C@H]1CCC=C(P(c2ccccc2)c2ccccc2)[C@H]1O)(c1ccccc1)c1ccccc1.[B]. The molecule has 2 nitrogen and oxygen atoms in total. The van der Waals surface area contributed by atoms with Crippen LogP contribution in [0.4, 0.5) is 0 Å². The summed E-state index contributed by atoms with van der Waals surface area (Å²) in [6.07, 6.45) is 3.03. The molecule has 0 saturated heterocycles. The van der Waals surface area contributed by atoms with Gasteiger partial charge in [-0.25, -0.2) is 0 Å². The Kier molecular flexibility index (Phi) is 9.46. The maximum atomic E-state index is 12.1. The molecule has 2 atom stereocenters. The van der Waals surface area contributed by atoms with E-state index in [2.05, 4.69) is 148 Å². The smallest absolute Gasteiger partial charge is 0.261 e. The van der Waals surface area contributed by atoms with Crippen molar-refractivity contribution in [1.29, 1.82) is 0 Å². The summed E-state index contributed by atoms with van der Waals surface area (Å²) in [7, 11) is -3.65. The fourth-order valence-electron chi connectivity index (χ4n) is 5.73. The van der Waals surface area contributed by atoms with E-state index in [1.54, 1.807) is 0 Å². The lowest BCUT2D eigenvalue weighted by Crippen LogP contribution is -2.68. The first-order valence-electron chi connectivity index (χ1n) is 13.5. The Labute approximate surface area is 238 Å². The highest BCUT2D eigenvalue weighted by molar-refractivity contribution is 7.76. The fraction of sp³-hybridized carbons (Fsp3) is 0.235. The third-order valence-corrected chi connectivity index (χ3v) is 15.1. The largest absolute Gasteiger partial charge is 0.401 e. The molecule has 0 saturated carbocycles. The summed E-state index contributed by atoms with van der Waals surface area (Å²) in [5.74, 6) is 0. The molecule has 1 aliphatic rings. The zero-order chi connectivity index (χ0) is 26.6. The van der Waals surface area contributed by atoms with Crippen LogP contribution in [0.15, 0.2) is 133 Å². The van der Waals surface area contributed by atoms with Crippen LogP contribution in [0, 0.1) is 0 Å². The zero-order valence-electron chi connectivity index (χ0n) is 23.1. The summed E-state index contributed by atoms with van der Waals surface area (Å²) in [5, 5.41) is 18.1. The molecule has 39 heavy (non-hydrogen) atoms. The van der Waals surface area contributed by atoms with Gasteiger partial charge in [-0.3, -0.25) is 0 Å². The van der Waals surface area contributed by atoms with E-state index in [-0.39, 0.29) is 19.6 Å². The molecule has 4 aromatic rings. The van der Waals surface area contributed by atoms with E-state index in [1.165, 1.54) is 21.0 Å². The van der Waals surface area contributed by atoms with Crippen molar-refractivity contribution in [3.8, 4) is 0 Å². The van der Waals surface area contributed by atoms with Crippen molar-refractivity contribution in [1.82, 2.24) is 0 Å². The van der Waals surface area contributed by atoms with Gasteiger partial charge >= 0.3 is 0 Å². The van der Waals surface area contributed by atoms with Crippen LogP contribution >= 0.6 is 7.92 Å². The Morgan fingerprint density at radius 3 is 1.51 bits per heavy atom. The van der Waals surface area contributed by atoms with Crippen LogP contribution in [0.2, 0.25) is 5.04 Å². The van der Waals surface area contributed by atoms with Gasteiger partial charge in [-0.05, 0) is 52.1 Å². The molecule has 0 heterocycles. The van der Waals surface area contributed by atoms with Crippen LogP contribution in [0.25, 0.3) is 0 Å². The average Bonchev–Trinajstić information content (AvgIpc) is 2.95. The normalized spacial score (nSPS) is 17.8. The van der Waals surface area contributed by atoms with Crippen molar-refractivity contribution in [2.75, 3.05) is 0 Å². The van der Waals surface area contributed by atoms with E-state index in [1.807, 2.05) is 0 Å². The molecule has 3 radical (unpaired) electrons. The maximum absolute atomic E-state index is 12.1. The van der Waals surface area contributed by atoms with E-state index in [4.69, 9.17) is 4.43 Å². The second kappa shape index (κ2) is 12.6. The van der Waals surface area contributed by atoms with Crippen molar-refractivity contribution in [2.24, 2.45) is 0 Å². The second-order valence-corrected chi connectivity index (χ2v) is 17.5. The van der Waals surface area contributed by atoms with Crippen LogP contribution in [0.3, 0.4) is 0 Å². The highest BCUT2D eigenvalue weighted by Crippen LogP contribution is 2.49.